The number of rotatable bonds is 8. The normalized spacial score (nSPS) is 14.9. The number of carbonyl (C=O) groups excluding carboxylic acids is 3. The standard InChI is InChI=1S/C23H16F6N4O5S2/c24-22(25,26)12-4-11(5-13(6-12)23(27,28)29)15-3-1-2-14(32-15)7-16-20(38)33(21(39)40-16)10-18(35)30-8-17(34)31-9-19(36)37/h1-7H,8-10H2,(H,30,35)(H,31,34)(H,36,37)/b16-7-. The molecule has 1 aliphatic heterocycles. The SMILES string of the molecule is O=C(O)CNC(=O)CNC(=O)CN1C(=O)/C(=C/c2cccc(-c3cc(C(F)(F)F)cc(C(F)(F)F)c3)n2)SC1=S. The largest absolute Gasteiger partial charge is 0.480 e. The van der Waals surface area contributed by atoms with E-state index in [1.165, 1.54) is 24.3 Å². The molecule has 40 heavy (non-hydrogen) atoms. The molecule has 0 spiro atoms. The predicted molar refractivity (Wildman–Crippen MR) is 133 cm³/mol. The van der Waals surface area contributed by atoms with Crippen LogP contribution in [0.2, 0.25) is 0 Å². The van der Waals surface area contributed by atoms with Crippen molar-refractivity contribution in [1.82, 2.24) is 20.5 Å². The maximum absolute atomic E-state index is 13.2. The Hall–Kier alpha value is -3.99. The highest BCUT2D eigenvalue weighted by atomic mass is 32.2. The molecule has 1 saturated heterocycles. The van der Waals surface area contributed by atoms with Gasteiger partial charge in [-0.05, 0) is 36.4 Å². The van der Waals surface area contributed by atoms with Crippen LogP contribution in [0.4, 0.5) is 26.3 Å². The molecule has 3 rings (SSSR count). The van der Waals surface area contributed by atoms with Crippen molar-refractivity contribution >= 4 is 58.1 Å². The number of nitrogens with one attached hydrogen (secondary N) is 2. The Bertz CT molecular complexity index is 1380. The number of amides is 3. The highest BCUT2D eigenvalue weighted by Gasteiger charge is 2.37. The number of carbonyl (C=O) groups is 4. The van der Waals surface area contributed by atoms with Gasteiger partial charge >= 0.3 is 18.3 Å². The first kappa shape index (κ1) is 30.6. The second-order valence-electron chi connectivity index (χ2n) is 7.96. The first-order valence-corrected chi connectivity index (χ1v) is 12.0. The molecule has 9 nitrogen and oxygen atoms in total. The first-order valence-electron chi connectivity index (χ1n) is 10.8. The first-order chi connectivity index (χ1) is 18.5. The zero-order valence-corrected chi connectivity index (χ0v) is 21.4. The second kappa shape index (κ2) is 12.0. The van der Waals surface area contributed by atoms with Gasteiger partial charge in [0.1, 0.15) is 17.4 Å². The Balaban J connectivity index is 1.78. The van der Waals surface area contributed by atoms with Crippen LogP contribution < -0.4 is 10.6 Å². The van der Waals surface area contributed by atoms with Crippen molar-refractivity contribution in [3.63, 3.8) is 0 Å². The van der Waals surface area contributed by atoms with Crippen LogP contribution in [-0.2, 0) is 31.5 Å². The average Bonchev–Trinajstić information content (AvgIpc) is 3.12. The molecule has 3 amide bonds. The quantitative estimate of drug-likeness (QED) is 0.237. The van der Waals surface area contributed by atoms with Crippen LogP contribution in [0.15, 0.2) is 41.3 Å². The summed E-state index contributed by atoms with van der Waals surface area (Å²) in [7, 11) is 0. The molecule has 1 aromatic heterocycles. The highest BCUT2D eigenvalue weighted by molar-refractivity contribution is 8.26. The van der Waals surface area contributed by atoms with E-state index in [0.717, 1.165) is 16.7 Å². The van der Waals surface area contributed by atoms with E-state index in [2.05, 4.69) is 10.3 Å². The van der Waals surface area contributed by atoms with Gasteiger partial charge < -0.3 is 15.7 Å². The zero-order valence-electron chi connectivity index (χ0n) is 19.7. The molecule has 1 aliphatic rings. The zero-order chi connectivity index (χ0) is 29.8. The van der Waals surface area contributed by atoms with Gasteiger partial charge in [-0.2, -0.15) is 26.3 Å². The molecule has 212 valence electrons. The Labute approximate surface area is 230 Å². The smallest absolute Gasteiger partial charge is 0.416 e. The number of pyridine rings is 1. The number of halogens is 6. The van der Waals surface area contributed by atoms with E-state index in [4.69, 9.17) is 17.3 Å². The van der Waals surface area contributed by atoms with E-state index in [9.17, 15) is 45.5 Å². The monoisotopic (exact) mass is 606 g/mol. The van der Waals surface area contributed by atoms with Gasteiger partial charge in [-0.3, -0.25) is 24.1 Å². The number of hydrogen-bond donors (Lipinski definition) is 3. The number of thiocarbonyl (C=S) groups is 1. The number of nitrogens with zero attached hydrogens (tertiary/aromatic N) is 2. The minimum atomic E-state index is -5.05. The van der Waals surface area contributed by atoms with Crippen LogP contribution >= 0.6 is 24.0 Å². The Morgan fingerprint density at radius 1 is 0.975 bits per heavy atom. The third-order valence-electron chi connectivity index (χ3n) is 4.99. The molecule has 1 aromatic carbocycles. The number of aliphatic carboxylic acids is 1. The summed E-state index contributed by atoms with van der Waals surface area (Å²) < 4.78 is 79.4. The number of carboxylic acid groups (broad SMARTS) is 1. The maximum Gasteiger partial charge on any atom is 0.416 e. The lowest BCUT2D eigenvalue weighted by Crippen LogP contribution is -2.44. The fraction of sp³-hybridized carbons (Fsp3) is 0.217. The van der Waals surface area contributed by atoms with Gasteiger partial charge in [0.05, 0.1) is 34.0 Å². The van der Waals surface area contributed by atoms with Crippen LogP contribution in [0.3, 0.4) is 0 Å². The Morgan fingerprint density at radius 2 is 1.57 bits per heavy atom. The molecular weight excluding hydrogens is 590 g/mol. The van der Waals surface area contributed by atoms with Crippen LogP contribution in [0, 0.1) is 0 Å². The summed E-state index contributed by atoms with van der Waals surface area (Å²) in [6.07, 6.45) is -8.88. The van der Waals surface area contributed by atoms with Crippen LogP contribution in [0.5, 0.6) is 0 Å². The maximum atomic E-state index is 13.2. The molecule has 3 N–H and O–H groups in total. The van der Waals surface area contributed by atoms with Crippen molar-refractivity contribution < 1.29 is 50.6 Å². The number of alkyl halides is 6. The van der Waals surface area contributed by atoms with Crippen molar-refractivity contribution in [3.8, 4) is 11.3 Å². The lowest BCUT2D eigenvalue weighted by Gasteiger charge is -2.14. The van der Waals surface area contributed by atoms with Crippen molar-refractivity contribution in [2.24, 2.45) is 0 Å². The molecule has 0 atom stereocenters. The number of thioether (sulfide) groups is 1. The lowest BCUT2D eigenvalue weighted by molar-refractivity contribution is -0.143. The molecule has 0 unspecified atom stereocenters. The summed E-state index contributed by atoms with van der Waals surface area (Å²) in [5.41, 5.74) is -3.68. The van der Waals surface area contributed by atoms with Crippen molar-refractivity contribution in [2.45, 2.75) is 12.4 Å². The van der Waals surface area contributed by atoms with E-state index >= 15 is 0 Å². The van der Waals surface area contributed by atoms with Gasteiger partial charge in [0, 0.05) is 5.56 Å². The summed E-state index contributed by atoms with van der Waals surface area (Å²) in [6.45, 7) is -1.79. The summed E-state index contributed by atoms with van der Waals surface area (Å²) in [4.78, 5) is 51.8. The van der Waals surface area contributed by atoms with Gasteiger partial charge in [-0.15, -0.1) is 0 Å². The van der Waals surface area contributed by atoms with E-state index in [1.807, 2.05) is 5.32 Å². The Kier molecular flexibility index (Phi) is 9.19. The van der Waals surface area contributed by atoms with Gasteiger partial charge in [0.15, 0.2) is 0 Å². The molecule has 2 aromatic rings. The molecule has 0 saturated carbocycles. The molecule has 2 heterocycles. The number of aromatic nitrogens is 1. The van der Waals surface area contributed by atoms with Gasteiger partial charge in [0.2, 0.25) is 11.8 Å². The molecule has 17 heteroatoms. The van der Waals surface area contributed by atoms with E-state index < -0.39 is 72.4 Å². The lowest BCUT2D eigenvalue weighted by atomic mass is 10.0. The predicted octanol–water partition coefficient (Wildman–Crippen LogP) is 3.30. The van der Waals surface area contributed by atoms with Crippen molar-refractivity contribution in [3.05, 3.63) is 58.1 Å². The number of benzene rings is 1. The summed E-state index contributed by atoms with van der Waals surface area (Å²) >= 11 is 5.88. The van der Waals surface area contributed by atoms with E-state index in [1.54, 1.807) is 0 Å². The fourth-order valence-electron chi connectivity index (χ4n) is 3.18. The molecular formula is C23H16F6N4O5S2. The molecule has 0 aliphatic carbocycles. The minimum Gasteiger partial charge on any atom is -0.480 e. The third-order valence-corrected chi connectivity index (χ3v) is 6.37. The van der Waals surface area contributed by atoms with E-state index in [0.29, 0.717) is 12.1 Å². The fourth-order valence-corrected chi connectivity index (χ4v) is 4.42. The van der Waals surface area contributed by atoms with Crippen LogP contribution in [0.25, 0.3) is 17.3 Å². The van der Waals surface area contributed by atoms with Crippen molar-refractivity contribution in [2.75, 3.05) is 19.6 Å². The van der Waals surface area contributed by atoms with Crippen LogP contribution in [0.1, 0.15) is 16.8 Å². The summed E-state index contributed by atoms with van der Waals surface area (Å²) in [5.74, 6) is -3.58. The molecule has 0 bridgehead atoms. The molecule has 1 fully saturated rings. The van der Waals surface area contributed by atoms with Gasteiger partial charge in [-0.1, -0.05) is 30.0 Å². The third kappa shape index (κ3) is 8.01. The topological polar surface area (TPSA) is 129 Å². The molecule has 0 radical (unpaired) electrons. The summed E-state index contributed by atoms with van der Waals surface area (Å²) in [5, 5.41) is 12.7. The van der Waals surface area contributed by atoms with Gasteiger partial charge in [-0.25, -0.2) is 4.98 Å². The highest BCUT2D eigenvalue weighted by Crippen LogP contribution is 2.38. The van der Waals surface area contributed by atoms with E-state index in [-0.39, 0.29) is 26.7 Å². The van der Waals surface area contributed by atoms with Crippen LogP contribution in [-0.4, -0.2) is 62.6 Å². The minimum absolute atomic E-state index is 0.00266. The Morgan fingerprint density at radius 3 is 2.15 bits per heavy atom. The second-order valence-corrected chi connectivity index (χ2v) is 9.63. The number of hydrogen-bond acceptors (Lipinski definition) is 7. The number of carboxylic acids is 1. The van der Waals surface area contributed by atoms with Crippen molar-refractivity contribution in [1.29, 1.82) is 0 Å². The summed E-state index contributed by atoms with van der Waals surface area (Å²) in [6, 6.07) is 4.94. The van der Waals surface area contributed by atoms with Gasteiger partial charge in [0.25, 0.3) is 5.91 Å². The average molecular weight is 607 g/mol.